The van der Waals surface area contributed by atoms with Crippen molar-refractivity contribution in [1.82, 2.24) is 20.4 Å². The monoisotopic (exact) mass is 1200 g/mol. The number of allylic oxidation sites excluding steroid dienone is 12. The van der Waals surface area contributed by atoms with Crippen molar-refractivity contribution in [2.75, 3.05) is 78.9 Å². The van der Waals surface area contributed by atoms with Gasteiger partial charge in [0.1, 0.15) is 51.7 Å². The quantitative estimate of drug-likeness (QED) is 0.0250. The highest BCUT2D eigenvalue weighted by molar-refractivity contribution is 5.97. The number of amides is 2. The summed E-state index contributed by atoms with van der Waals surface area (Å²) in [6.07, 6.45) is 53.0. The summed E-state index contributed by atoms with van der Waals surface area (Å²) in [5.41, 5.74) is 0. The van der Waals surface area contributed by atoms with Gasteiger partial charge in [-0.05, 0) is 77.0 Å². The molecule has 18 heteroatoms. The number of nitrogens with zero attached hydrogens (tertiary/aromatic N) is 2. The molecule has 1 saturated heterocycles. The van der Waals surface area contributed by atoms with E-state index in [2.05, 4.69) is 86.9 Å². The molecule has 1 rings (SSSR count). The van der Waals surface area contributed by atoms with Crippen LogP contribution in [0.15, 0.2) is 97.2 Å². The van der Waals surface area contributed by atoms with Gasteiger partial charge in [0.25, 0.3) is 0 Å². The normalized spacial score (nSPS) is 14.8. The zero-order valence-electron chi connectivity index (χ0n) is 52.9. The summed E-state index contributed by atoms with van der Waals surface area (Å²) in [5.74, 6) is -4.41. The Kier molecular flexibility index (Phi) is 50.9. The van der Waals surface area contributed by atoms with E-state index in [0.717, 1.165) is 77.0 Å². The molecule has 0 spiro atoms. The van der Waals surface area contributed by atoms with Crippen LogP contribution in [0.3, 0.4) is 0 Å². The summed E-state index contributed by atoms with van der Waals surface area (Å²) in [7, 11) is 0. The molecular formula is C68H108N4O14. The van der Waals surface area contributed by atoms with Gasteiger partial charge in [-0.15, -0.1) is 0 Å². The summed E-state index contributed by atoms with van der Waals surface area (Å²) in [4.78, 5) is 106. The number of esters is 6. The minimum absolute atomic E-state index is 0.0101. The molecular weight excluding hydrogens is 1100 g/mol. The molecule has 18 nitrogen and oxygen atoms in total. The van der Waals surface area contributed by atoms with E-state index in [1.807, 2.05) is 24.3 Å². The van der Waals surface area contributed by atoms with Gasteiger partial charge in [-0.3, -0.25) is 38.4 Å². The maximum atomic E-state index is 13.1. The van der Waals surface area contributed by atoms with Crippen molar-refractivity contribution in [1.29, 1.82) is 0 Å². The smallest absolute Gasteiger partial charge is 0.307 e. The molecule has 2 amide bonds. The van der Waals surface area contributed by atoms with Crippen molar-refractivity contribution in [2.45, 2.75) is 207 Å². The molecule has 0 bridgehead atoms. The zero-order valence-corrected chi connectivity index (χ0v) is 52.9. The van der Waals surface area contributed by atoms with Gasteiger partial charge in [-0.1, -0.05) is 176 Å². The predicted octanol–water partition coefficient (Wildman–Crippen LogP) is 11.5. The van der Waals surface area contributed by atoms with E-state index < -0.39 is 72.9 Å². The Morgan fingerprint density at radius 2 is 0.547 bits per heavy atom. The average molecular weight is 1210 g/mol. The van der Waals surface area contributed by atoms with Crippen LogP contribution >= 0.6 is 0 Å². The summed E-state index contributed by atoms with van der Waals surface area (Å²) < 4.78 is 32.3. The number of ether oxygens (including phenoxy) is 6. The van der Waals surface area contributed by atoms with Crippen LogP contribution in [0.25, 0.3) is 0 Å². The number of hydrogen-bond acceptors (Lipinski definition) is 16. The van der Waals surface area contributed by atoms with Crippen LogP contribution in [0.4, 0.5) is 0 Å². The zero-order chi connectivity index (χ0) is 62.8. The number of piperazine rings is 1. The fraction of sp³-hybridized carbons (Fsp3) is 0.647. The third-order valence-electron chi connectivity index (χ3n) is 13.6. The van der Waals surface area contributed by atoms with E-state index in [1.165, 1.54) is 51.4 Å². The third kappa shape index (κ3) is 47.8. The van der Waals surface area contributed by atoms with Crippen molar-refractivity contribution < 1.29 is 66.8 Å². The first-order valence-corrected chi connectivity index (χ1v) is 32.1. The molecule has 2 atom stereocenters. The fourth-order valence-corrected chi connectivity index (χ4v) is 8.30. The molecule has 0 aromatic carbocycles. The lowest BCUT2D eigenvalue weighted by molar-refractivity contribution is -0.152. The minimum Gasteiger partial charge on any atom is -0.463 e. The van der Waals surface area contributed by atoms with Gasteiger partial charge in [-0.2, -0.15) is 0 Å². The van der Waals surface area contributed by atoms with Gasteiger partial charge < -0.3 is 48.9 Å². The third-order valence-corrected chi connectivity index (χ3v) is 13.6. The van der Waals surface area contributed by atoms with Gasteiger partial charge in [0.05, 0.1) is 38.5 Å². The fourth-order valence-electron chi connectivity index (χ4n) is 8.30. The molecule has 1 heterocycles. The van der Waals surface area contributed by atoms with Crippen molar-refractivity contribution in [2.24, 2.45) is 0 Å². The second-order valence-electron chi connectivity index (χ2n) is 21.1. The van der Waals surface area contributed by atoms with Gasteiger partial charge >= 0.3 is 35.8 Å². The molecule has 1 aliphatic rings. The molecule has 86 heavy (non-hydrogen) atoms. The van der Waals surface area contributed by atoms with E-state index in [0.29, 0.717) is 0 Å². The van der Waals surface area contributed by atoms with Gasteiger partial charge in [0.15, 0.2) is 0 Å². The lowest BCUT2D eigenvalue weighted by Crippen LogP contribution is -2.64. The number of hydrogen-bond donors (Lipinski definition) is 2. The van der Waals surface area contributed by atoms with Crippen molar-refractivity contribution in [3.8, 4) is 0 Å². The number of rotatable bonds is 54. The number of carbonyl (C=O) groups excluding carboxylic acids is 8. The Hall–Kier alpha value is -6.40. The summed E-state index contributed by atoms with van der Waals surface area (Å²) >= 11 is 0. The van der Waals surface area contributed by atoms with E-state index in [9.17, 15) is 38.4 Å². The molecule has 2 unspecified atom stereocenters. The largest absolute Gasteiger partial charge is 0.463 e. The maximum absolute atomic E-state index is 13.1. The molecule has 1 fully saturated rings. The molecule has 0 aromatic rings. The topological polar surface area (TPSA) is 222 Å². The summed E-state index contributed by atoms with van der Waals surface area (Å²) in [6.45, 7) is 9.24. The first kappa shape index (κ1) is 77.6. The van der Waals surface area contributed by atoms with Crippen molar-refractivity contribution >= 4 is 47.6 Å². The van der Waals surface area contributed by atoms with Crippen LogP contribution in [0.5, 0.6) is 0 Å². The second kappa shape index (κ2) is 56.4. The number of carbonyl (C=O) groups is 8. The second-order valence-corrected chi connectivity index (χ2v) is 21.1. The molecule has 2 N–H and O–H groups in total. The van der Waals surface area contributed by atoms with Gasteiger partial charge in [0, 0.05) is 39.3 Å². The first-order chi connectivity index (χ1) is 41.9. The SMILES string of the molecule is CCCCC/C=C\C/C=C\COC(=O)CCN(CCC(=O)OC/C=C\C/C=C\CCCCC)CCC(=O)OCC1NC(=O)C(COC(=O)CCN(CCC(=O)OC/C=C\C/C=C\CCCCC)CCC(=O)OC/C=C\C/C=C\CCCCC)NC1=O. The van der Waals surface area contributed by atoms with Crippen LogP contribution in [0.2, 0.25) is 0 Å². The highest BCUT2D eigenvalue weighted by Crippen LogP contribution is 2.09. The number of unbranched alkanes of at least 4 members (excludes halogenated alkanes) is 12. The first-order valence-electron chi connectivity index (χ1n) is 32.1. The Labute approximate surface area is 515 Å². The van der Waals surface area contributed by atoms with Gasteiger partial charge in [0.2, 0.25) is 11.8 Å². The summed E-state index contributed by atoms with van der Waals surface area (Å²) in [6, 6.07) is -2.43. The van der Waals surface area contributed by atoms with Crippen LogP contribution < -0.4 is 10.6 Å². The highest BCUT2D eigenvalue weighted by Gasteiger charge is 2.35. The van der Waals surface area contributed by atoms with E-state index in [1.54, 1.807) is 34.1 Å². The lowest BCUT2D eigenvalue weighted by atomic mass is 10.1. The number of nitrogens with one attached hydrogen (secondary N) is 2. The molecule has 0 radical (unpaired) electrons. The van der Waals surface area contributed by atoms with Crippen LogP contribution in [-0.2, 0) is 66.8 Å². The van der Waals surface area contributed by atoms with Crippen molar-refractivity contribution in [3.05, 3.63) is 97.2 Å². The Balaban J connectivity index is 2.74. The maximum Gasteiger partial charge on any atom is 0.307 e. The Morgan fingerprint density at radius 3 is 0.779 bits per heavy atom. The van der Waals surface area contributed by atoms with Gasteiger partial charge in [-0.25, -0.2) is 0 Å². The van der Waals surface area contributed by atoms with Crippen LogP contribution in [0, 0.1) is 0 Å². The Bertz CT molecular complexity index is 1860. The van der Waals surface area contributed by atoms with Crippen LogP contribution in [-0.4, -0.2) is 148 Å². The molecule has 0 saturated carbocycles. The average Bonchev–Trinajstić information content (AvgIpc) is 3.60. The van der Waals surface area contributed by atoms with E-state index in [-0.39, 0.29) is 104 Å². The van der Waals surface area contributed by atoms with E-state index in [4.69, 9.17) is 28.4 Å². The predicted molar refractivity (Wildman–Crippen MR) is 338 cm³/mol. The van der Waals surface area contributed by atoms with E-state index >= 15 is 0 Å². The van der Waals surface area contributed by atoms with Crippen molar-refractivity contribution in [3.63, 3.8) is 0 Å². The molecule has 0 aliphatic carbocycles. The molecule has 1 aliphatic heterocycles. The lowest BCUT2D eigenvalue weighted by Gasteiger charge is -2.29. The Morgan fingerprint density at radius 1 is 0.326 bits per heavy atom. The minimum atomic E-state index is -1.21. The molecule has 0 aromatic heterocycles. The summed E-state index contributed by atoms with van der Waals surface area (Å²) in [5, 5.41) is 5.04. The molecule has 484 valence electrons. The highest BCUT2D eigenvalue weighted by atomic mass is 16.6. The van der Waals surface area contributed by atoms with Crippen LogP contribution in [0.1, 0.15) is 195 Å². The standard InChI is InChI=1S/C68H108N4O14/c1-5-9-13-17-21-25-29-33-37-53-81-61(73)41-47-71(48-42-62(74)82-54-38-34-30-26-22-18-14-10-6-2)51-45-65(77)85-57-59-67(79)70-60(68(80)69-59)58-86-66(78)46-52-72(49-43-63(75)83-55-39-35-31-27-23-19-15-11-7-3)50-44-64(76)84-56-40-36-32-28-24-20-16-12-8-4/h21-28,33-40,59-60H,5-20,29-32,41-58H2,1-4H3,(H,69,80)(H,70,79)/b25-21-,26-22-,27-23-,28-24-,37-33-,38-34-,39-35-,40-36-.